The summed E-state index contributed by atoms with van der Waals surface area (Å²) in [5.41, 5.74) is -0.195. The Morgan fingerprint density at radius 2 is 2.08 bits per heavy atom. The highest BCUT2D eigenvalue weighted by Crippen LogP contribution is 2.29. The second-order valence-corrected chi connectivity index (χ2v) is 6.10. The Labute approximate surface area is 143 Å². The van der Waals surface area contributed by atoms with Crippen molar-refractivity contribution in [2.24, 2.45) is 5.92 Å². The molecular formula is C15H18F3N5S. The Hall–Kier alpha value is -2.16. The maximum absolute atomic E-state index is 12.7. The number of alkyl halides is 3. The quantitative estimate of drug-likeness (QED) is 0.805. The Morgan fingerprint density at radius 1 is 1.33 bits per heavy atom. The highest BCUT2D eigenvalue weighted by Gasteiger charge is 2.30. The largest absolute Gasteiger partial charge is 0.416 e. The van der Waals surface area contributed by atoms with Crippen molar-refractivity contribution in [3.8, 4) is 0 Å². The van der Waals surface area contributed by atoms with Gasteiger partial charge in [-0.2, -0.15) is 13.2 Å². The van der Waals surface area contributed by atoms with Crippen molar-refractivity contribution in [1.29, 1.82) is 0 Å². The van der Waals surface area contributed by atoms with Crippen LogP contribution in [0.4, 0.5) is 19.1 Å². The van der Waals surface area contributed by atoms with E-state index in [-0.39, 0.29) is 6.54 Å². The summed E-state index contributed by atoms with van der Waals surface area (Å²) in [6, 6.07) is 5.12. The SMILES string of the molecule is CC(C)CNC(=S)Nc1ncn(Cc2cccc(C(F)(F)F)c2)n1. The maximum atomic E-state index is 12.7. The molecule has 0 bridgehead atoms. The molecule has 0 amide bonds. The molecule has 2 rings (SSSR count). The first-order valence-electron chi connectivity index (χ1n) is 7.34. The molecule has 24 heavy (non-hydrogen) atoms. The van der Waals surface area contributed by atoms with Gasteiger partial charge in [-0.25, -0.2) is 9.67 Å². The number of hydrogen-bond acceptors (Lipinski definition) is 3. The Bertz CT molecular complexity index is 696. The van der Waals surface area contributed by atoms with E-state index in [1.54, 1.807) is 6.07 Å². The number of benzene rings is 1. The summed E-state index contributed by atoms with van der Waals surface area (Å²) in [5.74, 6) is 0.736. The van der Waals surface area contributed by atoms with Crippen molar-refractivity contribution in [2.75, 3.05) is 11.9 Å². The topological polar surface area (TPSA) is 54.8 Å². The van der Waals surface area contributed by atoms with Gasteiger partial charge in [0, 0.05) is 6.54 Å². The third-order valence-electron chi connectivity index (χ3n) is 3.03. The van der Waals surface area contributed by atoms with Crippen LogP contribution in [0.1, 0.15) is 25.0 Å². The van der Waals surface area contributed by atoms with Crippen molar-refractivity contribution < 1.29 is 13.2 Å². The van der Waals surface area contributed by atoms with Crippen LogP contribution in [0.3, 0.4) is 0 Å². The fraction of sp³-hybridized carbons (Fsp3) is 0.400. The molecule has 0 aliphatic carbocycles. The van der Waals surface area contributed by atoms with Crippen LogP contribution in [0.15, 0.2) is 30.6 Å². The zero-order valence-electron chi connectivity index (χ0n) is 13.3. The average molecular weight is 357 g/mol. The number of thiocarbonyl (C=S) groups is 1. The summed E-state index contributed by atoms with van der Waals surface area (Å²) in [6.07, 6.45) is -2.92. The summed E-state index contributed by atoms with van der Waals surface area (Å²) >= 11 is 5.11. The van der Waals surface area contributed by atoms with Gasteiger partial charge in [-0.3, -0.25) is 5.32 Å². The van der Waals surface area contributed by atoms with Crippen molar-refractivity contribution in [3.05, 3.63) is 41.7 Å². The van der Waals surface area contributed by atoms with Crippen LogP contribution in [0.5, 0.6) is 0 Å². The van der Waals surface area contributed by atoms with Gasteiger partial charge in [0.25, 0.3) is 0 Å². The van der Waals surface area contributed by atoms with E-state index in [0.29, 0.717) is 22.5 Å². The molecule has 1 aromatic heterocycles. The first-order chi connectivity index (χ1) is 11.2. The zero-order valence-corrected chi connectivity index (χ0v) is 14.1. The second kappa shape index (κ2) is 7.61. The molecular weight excluding hydrogens is 339 g/mol. The molecule has 0 aliphatic heterocycles. The summed E-state index contributed by atoms with van der Waals surface area (Å²) in [5, 5.41) is 10.4. The molecule has 0 atom stereocenters. The van der Waals surface area contributed by atoms with Crippen LogP contribution in [0.25, 0.3) is 0 Å². The number of nitrogens with zero attached hydrogens (tertiary/aromatic N) is 3. The van der Waals surface area contributed by atoms with Gasteiger partial charge in [-0.05, 0) is 35.8 Å². The van der Waals surface area contributed by atoms with Gasteiger partial charge in [-0.15, -0.1) is 5.10 Å². The van der Waals surface area contributed by atoms with Crippen LogP contribution in [0, 0.1) is 5.92 Å². The lowest BCUT2D eigenvalue weighted by molar-refractivity contribution is -0.137. The van der Waals surface area contributed by atoms with Gasteiger partial charge < -0.3 is 5.32 Å². The normalized spacial score (nSPS) is 11.6. The zero-order chi connectivity index (χ0) is 17.7. The van der Waals surface area contributed by atoms with Gasteiger partial charge in [0.05, 0.1) is 12.1 Å². The number of halogens is 3. The summed E-state index contributed by atoms with van der Waals surface area (Å²) < 4.78 is 39.6. The molecule has 0 fully saturated rings. The third-order valence-corrected chi connectivity index (χ3v) is 3.28. The molecule has 9 heteroatoms. The fourth-order valence-corrected chi connectivity index (χ4v) is 2.08. The van der Waals surface area contributed by atoms with Crippen molar-refractivity contribution in [1.82, 2.24) is 20.1 Å². The molecule has 0 aliphatic rings. The average Bonchev–Trinajstić information content (AvgIpc) is 2.91. The number of anilines is 1. The standard InChI is InChI=1S/C15H18F3N5S/c1-10(2)7-19-14(24)21-13-20-9-23(22-13)8-11-4-3-5-12(6-11)15(16,17)18/h3-6,9-10H,7-8H2,1-2H3,(H2,19,21,22,24). The van der Waals surface area contributed by atoms with E-state index in [0.717, 1.165) is 18.7 Å². The summed E-state index contributed by atoms with van der Waals surface area (Å²) in [6.45, 7) is 5.01. The van der Waals surface area contributed by atoms with E-state index in [9.17, 15) is 13.2 Å². The monoisotopic (exact) mass is 357 g/mol. The van der Waals surface area contributed by atoms with E-state index in [1.165, 1.54) is 17.1 Å². The Morgan fingerprint density at radius 3 is 2.75 bits per heavy atom. The predicted octanol–water partition coefficient (Wildman–Crippen LogP) is 3.29. The molecule has 0 radical (unpaired) electrons. The lowest BCUT2D eigenvalue weighted by Gasteiger charge is -2.10. The van der Waals surface area contributed by atoms with Crippen LogP contribution in [-0.2, 0) is 12.7 Å². The third kappa shape index (κ3) is 5.48. The smallest absolute Gasteiger partial charge is 0.362 e. The molecule has 1 heterocycles. The van der Waals surface area contributed by atoms with E-state index in [1.807, 2.05) is 0 Å². The molecule has 130 valence electrons. The Kier molecular flexibility index (Phi) is 5.76. The number of aromatic nitrogens is 3. The van der Waals surface area contributed by atoms with Gasteiger partial charge in [0.1, 0.15) is 6.33 Å². The van der Waals surface area contributed by atoms with E-state index < -0.39 is 11.7 Å². The minimum atomic E-state index is -4.36. The number of rotatable bonds is 5. The number of nitrogens with one attached hydrogen (secondary N) is 2. The lowest BCUT2D eigenvalue weighted by atomic mass is 10.1. The Balaban J connectivity index is 1.98. The molecule has 0 saturated heterocycles. The highest BCUT2D eigenvalue weighted by atomic mass is 32.1. The molecule has 1 aromatic carbocycles. The van der Waals surface area contributed by atoms with Gasteiger partial charge in [0.2, 0.25) is 5.95 Å². The first-order valence-corrected chi connectivity index (χ1v) is 7.75. The fourth-order valence-electron chi connectivity index (χ4n) is 1.90. The van der Waals surface area contributed by atoms with Gasteiger partial charge in [-0.1, -0.05) is 26.0 Å². The van der Waals surface area contributed by atoms with Crippen molar-refractivity contribution in [3.63, 3.8) is 0 Å². The second-order valence-electron chi connectivity index (χ2n) is 5.69. The summed E-state index contributed by atoms with van der Waals surface area (Å²) in [7, 11) is 0. The van der Waals surface area contributed by atoms with Crippen LogP contribution >= 0.6 is 12.2 Å². The molecule has 0 unspecified atom stereocenters. The summed E-state index contributed by atoms with van der Waals surface area (Å²) in [4.78, 5) is 4.04. The van der Waals surface area contributed by atoms with E-state index in [4.69, 9.17) is 12.2 Å². The minimum Gasteiger partial charge on any atom is -0.362 e. The van der Waals surface area contributed by atoms with Crippen molar-refractivity contribution in [2.45, 2.75) is 26.6 Å². The van der Waals surface area contributed by atoms with Crippen LogP contribution in [0.2, 0.25) is 0 Å². The minimum absolute atomic E-state index is 0.185. The van der Waals surface area contributed by atoms with Gasteiger partial charge in [0.15, 0.2) is 5.11 Å². The molecule has 2 aromatic rings. The van der Waals surface area contributed by atoms with Crippen LogP contribution in [-0.4, -0.2) is 26.4 Å². The predicted molar refractivity (Wildman–Crippen MR) is 89.6 cm³/mol. The van der Waals surface area contributed by atoms with Crippen LogP contribution < -0.4 is 10.6 Å². The molecule has 5 nitrogen and oxygen atoms in total. The van der Waals surface area contributed by atoms with Gasteiger partial charge >= 0.3 is 6.18 Å². The van der Waals surface area contributed by atoms with Crippen molar-refractivity contribution >= 4 is 23.3 Å². The van der Waals surface area contributed by atoms with E-state index >= 15 is 0 Å². The maximum Gasteiger partial charge on any atom is 0.416 e. The molecule has 0 spiro atoms. The highest BCUT2D eigenvalue weighted by molar-refractivity contribution is 7.80. The molecule has 0 saturated carbocycles. The lowest BCUT2D eigenvalue weighted by Crippen LogP contribution is -2.31. The molecule has 2 N–H and O–H groups in total. The first kappa shape index (κ1) is 18.2. The number of hydrogen-bond donors (Lipinski definition) is 2. The van der Waals surface area contributed by atoms with E-state index in [2.05, 4.69) is 34.6 Å².